The number of rotatable bonds is 10. The Kier molecular flexibility index (Phi) is 10.6. The first-order chi connectivity index (χ1) is 21.4. The molecule has 5 rings (SSSR count). The highest BCUT2D eigenvalue weighted by Gasteiger charge is 2.30. The highest BCUT2D eigenvalue weighted by atomic mass is 35.5. The van der Waals surface area contributed by atoms with Gasteiger partial charge in [0.15, 0.2) is 15.7 Å². The fourth-order valence-electron chi connectivity index (χ4n) is 6.37. The van der Waals surface area contributed by atoms with E-state index in [1.807, 2.05) is 13.8 Å². The van der Waals surface area contributed by atoms with Crippen molar-refractivity contribution in [2.45, 2.75) is 88.5 Å². The number of aromatic nitrogens is 2. The average molecular weight is 655 g/mol. The number of hydrogen-bond donors (Lipinski definition) is 2. The second-order valence-corrected chi connectivity index (χ2v) is 15.8. The van der Waals surface area contributed by atoms with Crippen LogP contribution in [0.2, 0.25) is 5.02 Å². The van der Waals surface area contributed by atoms with Gasteiger partial charge in [0.25, 0.3) is 0 Å². The molecule has 3 aromatic rings. The van der Waals surface area contributed by atoms with Gasteiger partial charge in [-0.3, -0.25) is 4.90 Å². The molecule has 244 valence electrons. The van der Waals surface area contributed by atoms with Gasteiger partial charge in [0.1, 0.15) is 10.8 Å². The fourth-order valence-corrected chi connectivity index (χ4v) is 7.71. The third kappa shape index (κ3) is 7.91. The van der Waals surface area contributed by atoms with Crippen LogP contribution in [0.3, 0.4) is 0 Å². The minimum atomic E-state index is -3.53. The van der Waals surface area contributed by atoms with Gasteiger partial charge in [-0.25, -0.2) is 13.4 Å². The van der Waals surface area contributed by atoms with E-state index < -0.39 is 15.1 Å². The molecule has 0 spiro atoms. The van der Waals surface area contributed by atoms with Gasteiger partial charge in [-0.15, -0.1) is 0 Å². The molecule has 2 aliphatic rings. The number of ether oxygens (including phenoxy) is 1. The molecule has 0 unspecified atom stereocenters. The SMILES string of the molecule is Cc1cc(Nc2ncc(Cl)c(Nc3ccccc3S(=O)(=O)C(C)C)n2)c(OC(C)C)cc1[C@H]1CC[C@@H](N2CCN(C)CC2)CC1. The van der Waals surface area contributed by atoms with Gasteiger partial charge in [0, 0.05) is 32.2 Å². The Labute approximate surface area is 273 Å². The number of hydrogen-bond acceptors (Lipinski definition) is 9. The third-order valence-electron chi connectivity index (χ3n) is 8.98. The lowest BCUT2D eigenvalue weighted by atomic mass is 9.79. The summed E-state index contributed by atoms with van der Waals surface area (Å²) in [5, 5.41) is 6.17. The van der Waals surface area contributed by atoms with Gasteiger partial charge in [0.05, 0.1) is 33.8 Å². The van der Waals surface area contributed by atoms with Crippen LogP contribution in [-0.4, -0.2) is 78.8 Å². The maximum absolute atomic E-state index is 13.0. The van der Waals surface area contributed by atoms with Crippen LogP contribution < -0.4 is 15.4 Å². The van der Waals surface area contributed by atoms with Crippen LogP contribution in [0.25, 0.3) is 0 Å². The van der Waals surface area contributed by atoms with Crippen LogP contribution in [0.4, 0.5) is 23.1 Å². The van der Waals surface area contributed by atoms with E-state index in [0.29, 0.717) is 29.4 Å². The van der Waals surface area contributed by atoms with Crippen molar-refractivity contribution in [2.24, 2.45) is 0 Å². The number of halogens is 1. The largest absolute Gasteiger partial charge is 0.489 e. The van der Waals surface area contributed by atoms with Crippen LogP contribution in [0.5, 0.6) is 5.75 Å². The quantitative estimate of drug-likeness (QED) is 0.236. The highest BCUT2D eigenvalue weighted by molar-refractivity contribution is 7.92. The topological polar surface area (TPSA) is 99.7 Å². The molecule has 0 atom stereocenters. The number of anilines is 4. The molecular formula is C34H47ClN6O3S. The first-order valence-electron chi connectivity index (χ1n) is 16.1. The number of piperazine rings is 1. The van der Waals surface area contributed by atoms with Crippen molar-refractivity contribution in [3.63, 3.8) is 0 Å². The van der Waals surface area contributed by atoms with Gasteiger partial charge in [-0.2, -0.15) is 4.98 Å². The van der Waals surface area contributed by atoms with E-state index >= 15 is 0 Å². The summed E-state index contributed by atoms with van der Waals surface area (Å²) in [6.45, 7) is 14.2. The number of nitrogens with zero attached hydrogens (tertiary/aromatic N) is 4. The predicted molar refractivity (Wildman–Crippen MR) is 183 cm³/mol. The standard InChI is InChI=1S/C34H47ClN6O3S/c1-22(2)44-31-20-27(25-11-13-26(14-12-25)41-17-15-40(6)16-18-41)24(5)19-30(31)38-34-36-21-28(35)33(39-34)37-29-9-7-8-10-32(29)45(42,43)23(3)4/h7-10,19-23,25-26H,11-18H2,1-6H3,(H2,36,37,38,39)/t25-,26+. The van der Waals surface area contributed by atoms with Gasteiger partial charge >= 0.3 is 0 Å². The van der Waals surface area contributed by atoms with Crippen LogP contribution in [0, 0.1) is 6.92 Å². The minimum Gasteiger partial charge on any atom is -0.489 e. The summed E-state index contributed by atoms with van der Waals surface area (Å²) >= 11 is 6.48. The van der Waals surface area contributed by atoms with E-state index in [1.165, 1.54) is 56.1 Å². The zero-order valence-electron chi connectivity index (χ0n) is 27.3. The molecule has 9 nitrogen and oxygen atoms in total. The van der Waals surface area contributed by atoms with Crippen molar-refractivity contribution >= 4 is 44.6 Å². The predicted octanol–water partition coefficient (Wildman–Crippen LogP) is 7.17. The van der Waals surface area contributed by atoms with Gasteiger partial charge in [-0.05, 0) is 109 Å². The number of para-hydroxylation sites is 1. The molecule has 1 aromatic heterocycles. The maximum atomic E-state index is 13.0. The van der Waals surface area contributed by atoms with Crippen molar-refractivity contribution in [1.29, 1.82) is 0 Å². The first kappa shape index (κ1) is 33.4. The van der Waals surface area contributed by atoms with Crippen molar-refractivity contribution < 1.29 is 13.2 Å². The lowest BCUT2D eigenvalue weighted by Crippen LogP contribution is -2.49. The minimum absolute atomic E-state index is 0.0168. The molecule has 2 fully saturated rings. The molecule has 1 saturated carbocycles. The second kappa shape index (κ2) is 14.2. The normalized spacial score (nSPS) is 20.0. The van der Waals surface area contributed by atoms with Gasteiger partial charge in [-0.1, -0.05) is 23.7 Å². The molecule has 1 aliphatic heterocycles. The summed E-state index contributed by atoms with van der Waals surface area (Å²) in [7, 11) is -1.32. The summed E-state index contributed by atoms with van der Waals surface area (Å²) in [4.78, 5) is 14.4. The number of benzene rings is 2. The Bertz CT molecular complexity index is 1580. The molecule has 1 saturated heterocycles. The molecule has 0 radical (unpaired) electrons. The van der Waals surface area contributed by atoms with E-state index in [-0.39, 0.29) is 16.0 Å². The van der Waals surface area contributed by atoms with Gasteiger partial charge in [0.2, 0.25) is 5.95 Å². The zero-order valence-corrected chi connectivity index (χ0v) is 28.9. The van der Waals surface area contributed by atoms with E-state index in [9.17, 15) is 8.42 Å². The Hall–Kier alpha value is -2.92. The van der Waals surface area contributed by atoms with Crippen LogP contribution >= 0.6 is 11.6 Å². The first-order valence-corrected chi connectivity index (χ1v) is 18.0. The average Bonchev–Trinajstić information content (AvgIpc) is 3.00. The van der Waals surface area contributed by atoms with Crippen molar-refractivity contribution in [2.75, 3.05) is 43.9 Å². The van der Waals surface area contributed by atoms with Crippen molar-refractivity contribution in [3.05, 3.63) is 58.7 Å². The molecule has 2 aromatic carbocycles. The number of sulfone groups is 1. The van der Waals surface area contributed by atoms with Crippen LogP contribution in [0.1, 0.15) is 70.4 Å². The highest BCUT2D eigenvalue weighted by Crippen LogP contribution is 2.41. The molecule has 2 heterocycles. The summed E-state index contributed by atoms with van der Waals surface area (Å²) in [5.41, 5.74) is 3.73. The molecule has 0 bridgehead atoms. The lowest BCUT2D eigenvalue weighted by molar-refractivity contribution is 0.0878. The second-order valence-electron chi connectivity index (χ2n) is 12.9. The molecule has 0 amide bonds. The Morgan fingerprint density at radius 1 is 0.956 bits per heavy atom. The lowest BCUT2D eigenvalue weighted by Gasteiger charge is -2.41. The summed E-state index contributed by atoms with van der Waals surface area (Å²) < 4.78 is 32.3. The Morgan fingerprint density at radius 2 is 1.64 bits per heavy atom. The monoisotopic (exact) mass is 654 g/mol. The molecule has 1 aliphatic carbocycles. The smallest absolute Gasteiger partial charge is 0.229 e. The van der Waals surface area contributed by atoms with E-state index in [1.54, 1.807) is 38.1 Å². The third-order valence-corrected chi connectivity index (χ3v) is 11.5. The van der Waals surface area contributed by atoms with Crippen LogP contribution in [-0.2, 0) is 9.84 Å². The molecule has 11 heteroatoms. The zero-order chi connectivity index (χ0) is 32.3. The van der Waals surface area contributed by atoms with Crippen molar-refractivity contribution in [1.82, 2.24) is 19.8 Å². The van der Waals surface area contributed by atoms with Crippen LogP contribution in [0.15, 0.2) is 47.5 Å². The summed E-state index contributed by atoms with van der Waals surface area (Å²) in [6, 6.07) is 11.8. The number of likely N-dealkylation sites (N-methyl/N-ethyl adjacent to an activating group) is 1. The van der Waals surface area contributed by atoms with E-state index in [0.717, 1.165) is 24.5 Å². The van der Waals surface area contributed by atoms with Gasteiger partial charge < -0.3 is 20.3 Å². The molecule has 45 heavy (non-hydrogen) atoms. The summed E-state index contributed by atoms with van der Waals surface area (Å²) in [5.74, 6) is 1.88. The number of nitrogens with one attached hydrogen (secondary N) is 2. The molecular weight excluding hydrogens is 608 g/mol. The fraction of sp³-hybridized carbons (Fsp3) is 0.529. The Balaban J connectivity index is 1.36. The summed E-state index contributed by atoms with van der Waals surface area (Å²) in [6.07, 6.45) is 6.29. The van der Waals surface area contributed by atoms with E-state index in [4.69, 9.17) is 16.3 Å². The van der Waals surface area contributed by atoms with Crippen molar-refractivity contribution in [3.8, 4) is 5.75 Å². The van der Waals surface area contributed by atoms with E-state index in [2.05, 4.69) is 56.5 Å². The Morgan fingerprint density at radius 3 is 2.31 bits per heavy atom. The maximum Gasteiger partial charge on any atom is 0.229 e. The molecule has 2 N–H and O–H groups in total. The number of aryl methyl sites for hydroxylation is 1.